The number of fused-ring (bicyclic) bond motifs is 1. The highest BCUT2D eigenvalue weighted by Crippen LogP contribution is 2.24. The zero-order chi connectivity index (χ0) is 20.8. The lowest BCUT2D eigenvalue weighted by molar-refractivity contribution is 0.215. The summed E-state index contributed by atoms with van der Waals surface area (Å²) in [7, 11) is 1.78. The van der Waals surface area contributed by atoms with Crippen molar-refractivity contribution in [3.05, 3.63) is 40.5 Å². The molecule has 1 unspecified atom stereocenters. The Morgan fingerprint density at radius 3 is 2.74 bits per heavy atom. The summed E-state index contributed by atoms with van der Waals surface area (Å²) in [5.74, 6) is 2.69. The third-order valence-electron chi connectivity index (χ3n) is 6.01. The van der Waals surface area contributed by atoms with Gasteiger partial charge in [-0.05, 0) is 57.3 Å². The molecule has 2 aromatic rings. The lowest BCUT2D eigenvalue weighted by Gasteiger charge is -2.26. The van der Waals surface area contributed by atoms with Crippen molar-refractivity contribution in [3.63, 3.8) is 0 Å². The highest BCUT2D eigenvalue weighted by atomic mass is 127. The molecule has 0 aliphatic carbocycles. The standard InChI is InChI=1S/C21H33N7O2.HI/c1-22-20(24-16-17(18-8-6-15-30-18)26-11-4-5-12-26)23-10-7-14-28-21(29)27-13-3-2-9-19(27)25-28;/h6,8,15,17H,2-5,7,9-14,16H2,1H3,(H2,22,23,24);1H. The summed E-state index contributed by atoms with van der Waals surface area (Å²) in [6.07, 6.45) is 8.12. The molecule has 4 heterocycles. The van der Waals surface area contributed by atoms with Gasteiger partial charge in [0.1, 0.15) is 11.6 Å². The van der Waals surface area contributed by atoms with Crippen LogP contribution in [0.3, 0.4) is 0 Å². The molecule has 2 aliphatic heterocycles. The second-order valence-electron chi connectivity index (χ2n) is 8.04. The molecule has 31 heavy (non-hydrogen) atoms. The number of halogens is 1. The monoisotopic (exact) mass is 543 g/mol. The Bertz CT molecular complexity index is 884. The van der Waals surface area contributed by atoms with E-state index in [2.05, 4.69) is 25.6 Å². The number of likely N-dealkylation sites (tertiary alicyclic amines) is 1. The van der Waals surface area contributed by atoms with E-state index < -0.39 is 0 Å². The molecule has 172 valence electrons. The summed E-state index contributed by atoms with van der Waals surface area (Å²) in [5.41, 5.74) is 0.0270. The summed E-state index contributed by atoms with van der Waals surface area (Å²) in [6.45, 7) is 5.08. The van der Waals surface area contributed by atoms with Gasteiger partial charge in [-0.3, -0.25) is 14.5 Å². The minimum atomic E-state index is 0. The average molecular weight is 543 g/mol. The molecule has 0 bridgehead atoms. The van der Waals surface area contributed by atoms with Gasteiger partial charge in [0.25, 0.3) is 0 Å². The largest absolute Gasteiger partial charge is 0.468 e. The van der Waals surface area contributed by atoms with E-state index in [1.807, 2.05) is 16.7 Å². The van der Waals surface area contributed by atoms with Crippen LogP contribution in [-0.2, 0) is 19.5 Å². The van der Waals surface area contributed by atoms with E-state index in [0.29, 0.717) is 6.54 Å². The zero-order valence-corrected chi connectivity index (χ0v) is 20.6. The van der Waals surface area contributed by atoms with Gasteiger partial charge in [0, 0.05) is 39.6 Å². The van der Waals surface area contributed by atoms with Gasteiger partial charge in [-0.15, -0.1) is 24.0 Å². The topological polar surface area (TPSA) is 92.6 Å². The number of hydrogen-bond donors (Lipinski definition) is 2. The van der Waals surface area contributed by atoms with Crippen LogP contribution in [-0.4, -0.2) is 58.4 Å². The van der Waals surface area contributed by atoms with Gasteiger partial charge in [0.15, 0.2) is 5.96 Å². The van der Waals surface area contributed by atoms with Crippen molar-refractivity contribution in [2.45, 2.75) is 57.7 Å². The third-order valence-corrected chi connectivity index (χ3v) is 6.01. The SMILES string of the molecule is CN=C(NCCCn1nc2n(c1=O)CCCC2)NCC(c1ccco1)N1CCCC1.I. The molecule has 0 amide bonds. The van der Waals surface area contributed by atoms with E-state index in [9.17, 15) is 4.79 Å². The Hall–Kier alpha value is -1.82. The van der Waals surface area contributed by atoms with Crippen LogP contribution in [0, 0.1) is 0 Å². The molecule has 1 atom stereocenters. The Morgan fingerprint density at radius 1 is 1.23 bits per heavy atom. The average Bonchev–Trinajstić information content (AvgIpc) is 3.53. The van der Waals surface area contributed by atoms with Crippen LogP contribution in [0.5, 0.6) is 0 Å². The van der Waals surface area contributed by atoms with Crippen LogP contribution in [0.2, 0.25) is 0 Å². The van der Waals surface area contributed by atoms with Gasteiger partial charge in [-0.2, -0.15) is 5.10 Å². The van der Waals surface area contributed by atoms with Crippen LogP contribution in [0.1, 0.15) is 49.7 Å². The van der Waals surface area contributed by atoms with Crippen molar-refractivity contribution in [3.8, 4) is 0 Å². The summed E-state index contributed by atoms with van der Waals surface area (Å²) in [6, 6.07) is 4.20. The van der Waals surface area contributed by atoms with E-state index in [1.165, 1.54) is 12.8 Å². The van der Waals surface area contributed by atoms with E-state index in [4.69, 9.17) is 4.42 Å². The number of aromatic nitrogens is 3. The fourth-order valence-electron chi connectivity index (χ4n) is 4.39. The predicted molar refractivity (Wildman–Crippen MR) is 131 cm³/mol. The van der Waals surface area contributed by atoms with Gasteiger partial charge in [0.2, 0.25) is 0 Å². The molecule has 2 aliphatic rings. The predicted octanol–water partition coefficient (Wildman–Crippen LogP) is 1.98. The maximum atomic E-state index is 12.4. The number of aryl methyl sites for hydroxylation is 2. The Morgan fingerprint density at radius 2 is 2.03 bits per heavy atom. The van der Waals surface area contributed by atoms with Crippen LogP contribution in [0.25, 0.3) is 0 Å². The molecule has 4 rings (SSSR count). The van der Waals surface area contributed by atoms with Crippen LogP contribution in [0.4, 0.5) is 0 Å². The van der Waals surface area contributed by atoms with Crippen molar-refractivity contribution < 1.29 is 4.42 Å². The first kappa shape index (κ1) is 23.8. The molecular weight excluding hydrogens is 509 g/mol. The van der Waals surface area contributed by atoms with Crippen LogP contribution >= 0.6 is 24.0 Å². The number of nitrogens with one attached hydrogen (secondary N) is 2. The number of rotatable bonds is 8. The van der Waals surface area contributed by atoms with Gasteiger partial charge in [-0.25, -0.2) is 9.48 Å². The zero-order valence-electron chi connectivity index (χ0n) is 18.3. The summed E-state index contributed by atoms with van der Waals surface area (Å²) in [5, 5.41) is 11.3. The van der Waals surface area contributed by atoms with Crippen LogP contribution in [0.15, 0.2) is 32.6 Å². The van der Waals surface area contributed by atoms with E-state index >= 15 is 0 Å². The van der Waals surface area contributed by atoms with Crippen molar-refractivity contribution in [2.75, 3.05) is 33.2 Å². The lowest BCUT2D eigenvalue weighted by Crippen LogP contribution is -2.43. The molecule has 1 saturated heterocycles. The number of hydrogen-bond acceptors (Lipinski definition) is 5. The summed E-state index contributed by atoms with van der Waals surface area (Å²) < 4.78 is 9.12. The minimum absolute atomic E-state index is 0. The molecule has 0 saturated carbocycles. The molecule has 9 nitrogen and oxygen atoms in total. The number of furan rings is 1. The van der Waals surface area contributed by atoms with E-state index in [1.54, 1.807) is 18.0 Å². The molecule has 2 N–H and O–H groups in total. The van der Waals surface area contributed by atoms with Gasteiger partial charge in [0.05, 0.1) is 12.3 Å². The molecule has 2 aromatic heterocycles. The number of aliphatic imine (C=N–C) groups is 1. The Labute approximate surface area is 200 Å². The maximum Gasteiger partial charge on any atom is 0.345 e. The van der Waals surface area contributed by atoms with Gasteiger partial charge in [-0.1, -0.05) is 0 Å². The summed E-state index contributed by atoms with van der Waals surface area (Å²) in [4.78, 5) is 19.2. The van der Waals surface area contributed by atoms with Gasteiger partial charge < -0.3 is 15.1 Å². The fourth-order valence-corrected chi connectivity index (χ4v) is 4.39. The first-order chi connectivity index (χ1) is 14.8. The first-order valence-corrected chi connectivity index (χ1v) is 11.1. The molecule has 0 spiro atoms. The smallest absolute Gasteiger partial charge is 0.345 e. The Kier molecular flexibility index (Phi) is 9.00. The fraction of sp³-hybridized carbons (Fsp3) is 0.667. The quantitative estimate of drug-likeness (QED) is 0.229. The second-order valence-corrected chi connectivity index (χ2v) is 8.04. The molecule has 10 heteroatoms. The highest BCUT2D eigenvalue weighted by molar-refractivity contribution is 14.0. The van der Waals surface area contributed by atoms with E-state index in [-0.39, 0.29) is 35.7 Å². The van der Waals surface area contributed by atoms with Crippen molar-refractivity contribution in [1.82, 2.24) is 29.9 Å². The normalized spacial score (nSPS) is 17.8. The molecular formula is C21H34IN7O2. The number of nitrogens with zero attached hydrogens (tertiary/aromatic N) is 5. The number of guanidine groups is 1. The minimum Gasteiger partial charge on any atom is -0.468 e. The lowest BCUT2D eigenvalue weighted by atomic mass is 10.2. The maximum absolute atomic E-state index is 12.4. The van der Waals surface area contributed by atoms with Crippen molar-refractivity contribution >= 4 is 29.9 Å². The Balaban J connectivity index is 0.00000272. The first-order valence-electron chi connectivity index (χ1n) is 11.1. The summed E-state index contributed by atoms with van der Waals surface area (Å²) >= 11 is 0. The van der Waals surface area contributed by atoms with Crippen molar-refractivity contribution in [1.29, 1.82) is 0 Å². The van der Waals surface area contributed by atoms with E-state index in [0.717, 1.165) is 76.0 Å². The van der Waals surface area contributed by atoms with Crippen LogP contribution < -0.4 is 16.3 Å². The van der Waals surface area contributed by atoms with Gasteiger partial charge >= 0.3 is 5.69 Å². The highest BCUT2D eigenvalue weighted by Gasteiger charge is 2.25. The molecule has 0 aromatic carbocycles. The molecule has 1 fully saturated rings. The molecule has 0 radical (unpaired) electrons. The second kappa shape index (κ2) is 11.7. The van der Waals surface area contributed by atoms with Crippen molar-refractivity contribution in [2.24, 2.45) is 4.99 Å². The third kappa shape index (κ3) is 5.91.